The lowest BCUT2D eigenvalue weighted by atomic mass is 9.81. The molecule has 28 heavy (non-hydrogen) atoms. The Morgan fingerprint density at radius 2 is 1.64 bits per heavy atom. The lowest BCUT2D eigenvalue weighted by Gasteiger charge is -2.19. The first kappa shape index (κ1) is 17.4. The number of para-hydroxylation sites is 1. The Labute approximate surface area is 167 Å². The number of carbonyl (C=O) groups is 3. The van der Waals surface area contributed by atoms with Gasteiger partial charge < -0.3 is 4.74 Å². The SMILES string of the molecule is O=C(Oc1ccccc1Cl)c1cccc(N2C(=O)[C@H]3[C@@H]4CC[C@H](C4)[C@@H]3C2=O)c1. The van der Waals surface area contributed by atoms with Crippen LogP contribution in [0.3, 0.4) is 0 Å². The molecular weight excluding hydrogens is 378 g/mol. The molecule has 2 bridgehead atoms. The van der Waals surface area contributed by atoms with Crippen LogP contribution in [0.2, 0.25) is 5.02 Å². The number of carbonyl (C=O) groups excluding carboxylic acids is 3. The van der Waals surface area contributed by atoms with E-state index < -0.39 is 5.97 Å². The third-order valence-corrected chi connectivity index (χ3v) is 6.62. The predicted octanol–water partition coefficient (Wildman–Crippen LogP) is 4.09. The molecule has 3 aliphatic rings. The summed E-state index contributed by atoms with van der Waals surface area (Å²) >= 11 is 6.04. The van der Waals surface area contributed by atoms with E-state index in [0.717, 1.165) is 19.3 Å². The molecule has 6 heteroatoms. The lowest BCUT2D eigenvalue weighted by molar-refractivity contribution is -0.123. The van der Waals surface area contributed by atoms with E-state index in [1.54, 1.807) is 42.5 Å². The Bertz CT molecular complexity index is 976. The summed E-state index contributed by atoms with van der Waals surface area (Å²) in [6.07, 6.45) is 3.05. The molecular formula is C22H18ClNO4. The molecule has 142 valence electrons. The number of halogens is 1. The Balaban J connectivity index is 1.42. The van der Waals surface area contributed by atoms with Crippen LogP contribution in [0.4, 0.5) is 5.69 Å². The molecule has 4 atom stereocenters. The van der Waals surface area contributed by atoms with Crippen molar-refractivity contribution in [3.05, 3.63) is 59.1 Å². The van der Waals surface area contributed by atoms with Gasteiger partial charge in [0.05, 0.1) is 28.1 Å². The Morgan fingerprint density at radius 1 is 0.964 bits per heavy atom. The van der Waals surface area contributed by atoms with E-state index in [2.05, 4.69) is 0 Å². The van der Waals surface area contributed by atoms with Crippen molar-refractivity contribution < 1.29 is 19.1 Å². The van der Waals surface area contributed by atoms with Crippen LogP contribution in [-0.4, -0.2) is 17.8 Å². The molecule has 1 saturated heterocycles. The molecule has 0 N–H and O–H groups in total. The van der Waals surface area contributed by atoms with Crippen LogP contribution in [-0.2, 0) is 9.59 Å². The van der Waals surface area contributed by atoms with Gasteiger partial charge in [0.1, 0.15) is 5.75 Å². The Morgan fingerprint density at radius 3 is 2.32 bits per heavy atom. The van der Waals surface area contributed by atoms with Gasteiger partial charge in [-0.2, -0.15) is 0 Å². The van der Waals surface area contributed by atoms with Gasteiger partial charge in [-0.25, -0.2) is 4.79 Å². The van der Waals surface area contributed by atoms with Gasteiger partial charge in [-0.3, -0.25) is 14.5 Å². The smallest absolute Gasteiger partial charge is 0.343 e. The summed E-state index contributed by atoms with van der Waals surface area (Å²) in [5.74, 6) is -0.310. The van der Waals surface area contributed by atoms with Crippen molar-refractivity contribution in [2.24, 2.45) is 23.7 Å². The zero-order valence-corrected chi connectivity index (χ0v) is 15.8. The van der Waals surface area contributed by atoms with E-state index in [0.29, 0.717) is 22.5 Å². The molecule has 1 heterocycles. The average molecular weight is 396 g/mol. The first-order valence-electron chi connectivity index (χ1n) is 9.49. The molecule has 5 nitrogen and oxygen atoms in total. The maximum Gasteiger partial charge on any atom is 0.343 e. The highest BCUT2D eigenvalue weighted by atomic mass is 35.5. The topological polar surface area (TPSA) is 63.7 Å². The van der Waals surface area contributed by atoms with Crippen LogP contribution < -0.4 is 9.64 Å². The highest BCUT2D eigenvalue weighted by Gasteiger charge is 2.61. The van der Waals surface area contributed by atoms with E-state index >= 15 is 0 Å². The van der Waals surface area contributed by atoms with E-state index in [1.807, 2.05) is 0 Å². The molecule has 0 unspecified atom stereocenters. The summed E-state index contributed by atoms with van der Waals surface area (Å²) in [4.78, 5) is 39.8. The van der Waals surface area contributed by atoms with E-state index in [-0.39, 0.29) is 35.0 Å². The molecule has 3 fully saturated rings. The number of amides is 2. The summed E-state index contributed by atoms with van der Waals surface area (Å²) in [6, 6.07) is 13.2. The number of ether oxygens (including phenoxy) is 1. The molecule has 0 radical (unpaired) electrons. The fourth-order valence-corrected chi connectivity index (χ4v) is 5.30. The van der Waals surface area contributed by atoms with Crippen molar-refractivity contribution in [1.29, 1.82) is 0 Å². The number of hydrogen-bond donors (Lipinski definition) is 0. The number of imide groups is 1. The van der Waals surface area contributed by atoms with Crippen LogP contribution in [0.15, 0.2) is 48.5 Å². The number of benzene rings is 2. The third-order valence-electron chi connectivity index (χ3n) is 6.31. The number of hydrogen-bond acceptors (Lipinski definition) is 4. The molecule has 0 aromatic heterocycles. The minimum atomic E-state index is -0.589. The molecule has 2 saturated carbocycles. The van der Waals surface area contributed by atoms with E-state index in [9.17, 15) is 14.4 Å². The second-order valence-electron chi connectivity index (χ2n) is 7.77. The molecule has 2 aromatic carbocycles. The van der Waals surface area contributed by atoms with Gasteiger partial charge in [0.2, 0.25) is 11.8 Å². The molecule has 2 aromatic rings. The predicted molar refractivity (Wildman–Crippen MR) is 103 cm³/mol. The van der Waals surface area contributed by atoms with Crippen molar-refractivity contribution in [1.82, 2.24) is 0 Å². The Kier molecular flexibility index (Phi) is 4.02. The van der Waals surface area contributed by atoms with Crippen LogP contribution in [0, 0.1) is 23.7 Å². The van der Waals surface area contributed by atoms with Crippen LogP contribution in [0.25, 0.3) is 0 Å². The Hall–Kier alpha value is -2.66. The quantitative estimate of drug-likeness (QED) is 0.446. The van der Waals surface area contributed by atoms with E-state index in [4.69, 9.17) is 16.3 Å². The van der Waals surface area contributed by atoms with Crippen LogP contribution in [0.5, 0.6) is 5.75 Å². The number of anilines is 1. The minimum absolute atomic E-state index is 0.126. The standard InChI is InChI=1S/C22H18ClNO4/c23-16-6-1-2-7-17(16)28-22(27)14-4-3-5-15(11-14)24-20(25)18-12-8-9-13(10-12)19(18)21(24)26/h1-7,11-13,18-19H,8-10H2/t12-,13-,18+,19+/m1/s1. The zero-order chi connectivity index (χ0) is 19.4. The van der Waals surface area contributed by atoms with Gasteiger partial charge in [-0.15, -0.1) is 0 Å². The molecule has 2 amide bonds. The molecule has 5 rings (SSSR count). The number of esters is 1. The van der Waals surface area contributed by atoms with Crippen LogP contribution in [0.1, 0.15) is 29.6 Å². The van der Waals surface area contributed by atoms with Crippen molar-refractivity contribution >= 4 is 35.1 Å². The minimum Gasteiger partial charge on any atom is -0.421 e. The fraction of sp³-hybridized carbons (Fsp3) is 0.318. The van der Waals surface area contributed by atoms with Crippen molar-refractivity contribution in [3.63, 3.8) is 0 Å². The van der Waals surface area contributed by atoms with Crippen molar-refractivity contribution in [2.45, 2.75) is 19.3 Å². The number of rotatable bonds is 3. The largest absolute Gasteiger partial charge is 0.421 e. The van der Waals surface area contributed by atoms with Gasteiger partial charge in [-0.1, -0.05) is 29.8 Å². The number of nitrogens with zero attached hydrogens (tertiary/aromatic N) is 1. The van der Waals surface area contributed by atoms with Crippen molar-refractivity contribution in [3.8, 4) is 5.75 Å². The second kappa shape index (κ2) is 6.45. The second-order valence-corrected chi connectivity index (χ2v) is 8.17. The zero-order valence-electron chi connectivity index (χ0n) is 15.0. The maximum atomic E-state index is 13.0. The summed E-state index contributed by atoms with van der Waals surface area (Å²) in [5.41, 5.74) is 0.690. The van der Waals surface area contributed by atoms with Crippen molar-refractivity contribution in [2.75, 3.05) is 4.90 Å². The van der Waals surface area contributed by atoms with Gasteiger partial charge in [-0.05, 0) is 61.4 Å². The number of fused-ring (bicyclic) bond motifs is 5. The highest BCUT2D eigenvalue weighted by Crippen LogP contribution is 2.56. The highest BCUT2D eigenvalue weighted by molar-refractivity contribution is 6.32. The summed E-state index contributed by atoms with van der Waals surface area (Å²) in [7, 11) is 0. The first-order chi connectivity index (χ1) is 13.5. The molecule has 2 aliphatic carbocycles. The monoisotopic (exact) mass is 395 g/mol. The van der Waals surface area contributed by atoms with Gasteiger partial charge >= 0.3 is 5.97 Å². The van der Waals surface area contributed by atoms with Gasteiger partial charge in [0.25, 0.3) is 0 Å². The normalized spacial score (nSPS) is 28.0. The molecule has 0 spiro atoms. The average Bonchev–Trinajstić information content (AvgIpc) is 3.37. The van der Waals surface area contributed by atoms with Crippen LogP contribution >= 0.6 is 11.6 Å². The summed E-state index contributed by atoms with van der Waals surface area (Å²) < 4.78 is 5.36. The van der Waals surface area contributed by atoms with Gasteiger partial charge in [0.15, 0.2) is 0 Å². The fourth-order valence-electron chi connectivity index (χ4n) is 5.12. The van der Waals surface area contributed by atoms with Gasteiger partial charge in [0, 0.05) is 0 Å². The lowest BCUT2D eigenvalue weighted by Crippen LogP contribution is -2.32. The first-order valence-corrected chi connectivity index (χ1v) is 9.87. The van der Waals surface area contributed by atoms with E-state index in [1.165, 1.54) is 11.0 Å². The summed E-state index contributed by atoms with van der Waals surface area (Å²) in [5, 5.41) is 0.334. The summed E-state index contributed by atoms with van der Waals surface area (Å²) in [6.45, 7) is 0. The maximum absolute atomic E-state index is 13.0. The molecule has 1 aliphatic heterocycles. The third kappa shape index (κ3) is 2.57.